The minimum absolute atomic E-state index is 0.355. The number of aromatic nitrogens is 2. The van der Waals surface area contributed by atoms with Crippen molar-refractivity contribution in [1.29, 1.82) is 0 Å². The first-order chi connectivity index (χ1) is 9.28. The van der Waals surface area contributed by atoms with Gasteiger partial charge in [-0.1, -0.05) is 29.8 Å². The number of aryl methyl sites for hydroxylation is 1. The van der Waals surface area contributed by atoms with Crippen LogP contribution in [0.3, 0.4) is 0 Å². The summed E-state index contributed by atoms with van der Waals surface area (Å²) in [7, 11) is 0. The number of fused-ring (bicyclic) bond motifs is 1. The van der Waals surface area contributed by atoms with E-state index in [1.807, 2.05) is 0 Å². The van der Waals surface area contributed by atoms with E-state index >= 15 is 0 Å². The van der Waals surface area contributed by atoms with E-state index in [4.69, 9.17) is 10.8 Å². The number of hydrogen-bond acceptors (Lipinski definition) is 2. The predicted molar refractivity (Wildman–Crippen MR) is 79.0 cm³/mol. The van der Waals surface area contributed by atoms with Gasteiger partial charge in [0.25, 0.3) is 0 Å². The van der Waals surface area contributed by atoms with Gasteiger partial charge in [0, 0.05) is 24.4 Å². The monoisotopic (exact) mass is 255 g/mol. The summed E-state index contributed by atoms with van der Waals surface area (Å²) in [5.74, 6) is 0. The molecule has 0 fully saturated rings. The lowest BCUT2D eigenvalue weighted by molar-refractivity contribution is 0.581. The highest BCUT2D eigenvalue weighted by Gasteiger charge is 2.14. The molecule has 1 aliphatic carbocycles. The van der Waals surface area contributed by atoms with Gasteiger partial charge in [-0.05, 0) is 32.3 Å². The molecular formula is C16H21N3. The Morgan fingerprint density at radius 3 is 2.95 bits per heavy atom. The largest absolute Gasteiger partial charge is 0.327 e. The molecule has 3 heteroatoms. The van der Waals surface area contributed by atoms with E-state index in [0.717, 1.165) is 32.2 Å². The molecule has 2 N–H and O–H groups in total. The molecule has 0 saturated carbocycles. The Kier molecular flexibility index (Phi) is 3.38. The summed E-state index contributed by atoms with van der Waals surface area (Å²) < 4.78 is 2.10. The quantitative estimate of drug-likeness (QED) is 0.857. The maximum Gasteiger partial charge on any atom is 0.0743 e. The van der Waals surface area contributed by atoms with E-state index in [-0.39, 0.29) is 0 Å². The third-order valence-electron chi connectivity index (χ3n) is 3.97. The van der Waals surface area contributed by atoms with Crippen LogP contribution in [0.5, 0.6) is 0 Å². The minimum atomic E-state index is 0.355. The molecule has 3 nitrogen and oxygen atoms in total. The fraction of sp³-hybridized carbons (Fsp3) is 0.438. The van der Waals surface area contributed by atoms with E-state index in [1.54, 1.807) is 0 Å². The lowest BCUT2D eigenvalue weighted by atomic mass is 9.92. The fourth-order valence-corrected chi connectivity index (χ4v) is 2.85. The molecule has 1 atom stereocenters. The summed E-state index contributed by atoms with van der Waals surface area (Å²) in [6.45, 7) is 3.06. The molecule has 1 aromatic heterocycles. The third kappa shape index (κ3) is 2.43. The van der Waals surface area contributed by atoms with E-state index in [0.29, 0.717) is 6.04 Å². The fourth-order valence-electron chi connectivity index (χ4n) is 2.85. The van der Waals surface area contributed by atoms with Crippen molar-refractivity contribution in [3.8, 4) is 0 Å². The van der Waals surface area contributed by atoms with Gasteiger partial charge < -0.3 is 5.73 Å². The van der Waals surface area contributed by atoms with Crippen LogP contribution in [0.1, 0.15) is 31.9 Å². The first-order valence-corrected chi connectivity index (χ1v) is 7.16. The minimum Gasteiger partial charge on any atom is -0.327 e. The van der Waals surface area contributed by atoms with Crippen LogP contribution in [0, 0.1) is 0 Å². The average Bonchev–Trinajstić information content (AvgIpc) is 2.80. The van der Waals surface area contributed by atoms with Crippen LogP contribution in [-0.2, 0) is 13.0 Å². The van der Waals surface area contributed by atoms with Gasteiger partial charge in [0.05, 0.1) is 11.2 Å². The van der Waals surface area contributed by atoms with Gasteiger partial charge in [0.2, 0.25) is 0 Å². The molecule has 3 rings (SSSR count). The number of nitrogens with two attached hydrogens (primary N) is 1. The number of hydrogen-bond donors (Lipinski definition) is 1. The molecule has 1 unspecified atom stereocenters. The van der Waals surface area contributed by atoms with Crippen LogP contribution in [-0.4, -0.2) is 15.8 Å². The summed E-state index contributed by atoms with van der Waals surface area (Å²) in [5.41, 5.74) is 9.89. The van der Waals surface area contributed by atoms with Crippen LogP contribution >= 0.6 is 0 Å². The van der Waals surface area contributed by atoms with Crippen LogP contribution < -0.4 is 5.73 Å². The highest BCUT2D eigenvalue weighted by molar-refractivity contribution is 5.82. The Morgan fingerprint density at radius 1 is 1.37 bits per heavy atom. The molecule has 0 amide bonds. The Balaban J connectivity index is 1.93. The number of rotatable bonds is 3. The number of allylic oxidation sites excluding steroid dienone is 1. The van der Waals surface area contributed by atoms with Gasteiger partial charge in [-0.15, -0.1) is 0 Å². The Bertz CT molecular complexity index is 609. The normalized spacial score (nSPS) is 19.7. The number of benzene rings is 1. The number of nitrogens with zero attached hydrogens (tertiary/aromatic N) is 2. The molecule has 1 aromatic carbocycles. The molecule has 100 valence electrons. The first-order valence-electron chi connectivity index (χ1n) is 7.16. The van der Waals surface area contributed by atoms with E-state index < -0.39 is 0 Å². The van der Waals surface area contributed by atoms with Crippen molar-refractivity contribution in [1.82, 2.24) is 9.78 Å². The molecule has 1 heterocycles. The predicted octanol–water partition coefficient (Wildman–Crippen LogP) is 3.04. The van der Waals surface area contributed by atoms with Gasteiger partial charge in [-0.2, -0.15) is 5.10 Å². The van der Waals surface area contributed by atoms with Crippen molar-refractivity contribution in [2.24, 2.45) is 5.73 Å². The molecule has 19 heavy (non-hydrogen) atoms. The molecule has 0 bridgehead atoms. The van der Waals surface area contributed by atoms with E-state index in [1.165, 1.54) is 22.2 Å². The van der Waals surface area contributed by atoms with Gasteiger partial charge >= 0.3 is 0 Å². The second-order valence-corrected chi connectivity index (χ2v) is 5.35. The van der Waals surface area contributed by atoms with Crippen molar-refractivity contribution in [3.63, 3.8) is 0 Å². The summed E-state index contributed by atoms with van der Waals surface area (Å²) in [6.07, 6.45) is 6.53. The van der Waals surface area contributed by atoms with Crippen molar-refractivity contribution in [2.45, 2.75) is 45.2 Å². The molecule has 0 radical (unpaired) electrons. The molecular weight excluding hydrogens is 234 g/mol. The highest BCUT2D eigenvalue weighted by atomic mass is 15.3. The van der Waals surface area contributed by atoms with Crippen LogP contribution in [0.2, 0.25) is 0 Å². The second kappa shape index (κ2) is 5.17. The lowest BCUT2D eigenvalue weighted by Gasteiger charge is -2.17. The van der Waals surface area contributed by atoms with Gasteiger partial charge in [0.1, 0.15) is 0 Å². The molecule has 0 aliphatic heterocycles. The van der Waals surface area contributed by atoms with Gasteiger partial charge in [-0.25, -0.2) is 0 Å². The smallest absolute Gasteiger partial charge is 0.0743 e. The summed E-state index contributed by atoms with van der Waals surface area (Å²) in [5, 5.41) is 6.06. The molecule has 1 aliphatic rings. The standard InChI is InChI=1S/C16H21N3/c1-2-19-16-6-4-3-5-14(16)15(18-19)11-12-7-9-13(17)10-8-12/h3-7,13H,2,8-11,17H2,1H3. The maximum absolute atomic E-state index is 5.94. The third-order valence-corrected chi connectivity index (χ3v) is 3.97. The van der Waals surface area contributed by atoms with E-state index in [2.05, 4.69) is 41.9 Å². The Hall–Kier alpha value is -1.61. The molecule has 0 saturated heterocycles. The van der Waals surface area contributed by atoms with Crippen molar-refractivity contribution < 1.29 is 0 Å². The van der Waals surface area contributed by atoms with Gasteiger partial charge in [-0.3, -0.25) is 4.68 Å². The van der Waals surface area contributed by atoms with Crippen LogP contribution in [0.4, 0.5) is 0 Å². The highest BCUT2D eigenvalue weighted by Crippen LogP contribution is 2.25. The topological polar surface area (TPSA) is 43.8 Å². The summed E-state index contributed by atoms with van der Waals surface area (Å²) in [4.78, 5) is 0. The van der Waals surface area contributed by atoms with E-state index in [9.17, 15) is 0 Å². The lowest BCUT2D eigenvalue weighted by Crippen LogP contribution is -2.22. The Labute approximate surface area is 114 Å². The maximum atomic E-state index is 5.94. The van der Waals surface area contributed by atoms with Crippen molar-refractivity contribution in [2.75, 3.05) is 0 Å². The zero-order valence-electron chi connectivity index (χ0n) is 11.5. The summed E-state index contributed by atoms with van der Waals surface area (Å²) >= 11 is 0. The van der Waals surface area contributed by atoms with Crippen molar-refractivity contribution in [3.05, 3.63) is 41.6 Å². The molecule has 0 spiro atoms. The zero-order valence-corrected chi connectivity index (χ0v) is 11.5. The van der Waals surface area contributed by atoms with Gasteiger partial charge in [0.15, 0.2) is 0 Å². The summed E-state index contributed by atoms with van der Waals surface area (Å²) in [6, 6.07) is 8.87. The zero-order chi connectivity index (χ0) is 13.2. The SMILES string of the molecule is CCn1nc(CC2=CCC(N)CC2)c2ccccc21. The number of para-hydroxylation sites is 1. The first kappa shape index (κ1) is 12.4. The molecule has 2 aromatic rings. The Morgan fingerprint density at radius 2 is 2.21 bits per heavy atom. The van der Waals surface area contributed by atoms with Crippen LogP contribution in [0.25, 0.3) is 10.9 Å². The van der Waals surface area contributed by atoms with Crippen molar-refractivity contribution >= 4 is 10.9 Å². The van der Waals surface area contributed by atoms with Crippen LogP contribution in [0.15, 0.2) is 35.9 Å². The second-order valence-electron chi connectivity index (χ2n) is 5.35. The average molecular weight is 255 g/mol.